The number of carboxylic acids is 1. The van der Waals surface area contributed by atoms with Gasteiger partial charge in [0.2, 0.25) is 0 Å². The predicted molar refractivity (Wildman–Crippen MR) is 64.4 cm³/mol. The highest BCUT2D eigenvalue weighted by atomic mass is 35.5. The molecule has 0 atom stereocenters. The van der Waals surface area contributed by atoms with Crippen LogP contribution in [0, 0.1) is 0 Å². The predicted octanol–water partition coefficient (Wildman–Crippen LogP) is 2.36. The van der Waals surface area contributed by atoms with Crippen LogP contribution in [-0.4, -0.2) is 20.6 Å². The number of halogens is 1. The average molecular weight is 251 g/mol. The van der Waals surface area contributed by atoms with E-state index in [1.807, 2.05) is 17.8 Å². The summed E-state index contributed by atoms with van der Waals surface area (Å²) in [5.74, 6) is -0.152. The minimum absolute atomic E-state index is 0.261. The number of hydrogen-bond acceptors (Lipinski definition) is 2. The number of carbonyl (C=O) groups is 1. The van der Waals surface area contributed by atoms with E-state index in [0.717, 1.165) is 5.82 Å². The first-order valence-electron chi connectivity index (χ1n) is 5.06. The van der Waals surface area contributed by atoms with Crippen LogP contribution < -0.4 is 0 Å². The van der Waals surface area contributed by atoms with Crippen LogP contribution in [0.15, 0.2) is 30.6 Å². The summed E-state index contributed by atoms with van der Waals surface area (Å²) >= 11 is 5.88. The van der Waals surface area contributed by atoms with Crippen LogP contribution in [0.2, 0.25) is 5.02 Å². The molecule has 0 bridgehead atoms. The molecule has 4 nitrogen and oxygen atoms in total. The van der Waals surface area contributed by atoms with E-state index >= 15 is 0 Å². The minimum atomic E-state index is -0.953. The summed E-state index contributed by atoms with van der Waals surface area (Å²) in [6, 6.07) is 4.76. The zero-order chi connectivity index (χ0) is 12.4. The van der Waals surface area contributed by atoms with Gasteiger partial charge in [-0.15, -0.1) is 0 Å². The van der Waals surface area contributed by atoms with Gasteiger partial charge in [0.15, 0.2) is 0 Å². The lowest BCUT2D eigenvalue weighted by Crippen LogP contribution is -2.06. The Labute approximate surface area is 103 Å². The Morgan fingerprint density at radius 1 is 1.53 bits per heavy atom. The van der Waals surface area contributed by atoms with E-state index in [-0.39, 0.29) is 5.56 Å². The molecule has 0 aliphatic rings. The van der Waals surface area contributed by atoms with Crippen LogP contribution in [0.25, 0.3) is 0 Å². The number of nitrogens with zero attached hydrogens (tertiary/aromatic N) is 2. The fraction of sp³-hybridized carbons (Fsp3) is 0.167. The summed E-state index contributed by atoms with van der Waals surface area (Å²) in [7, 11) is 1.87. The Morgan fingerprint density at radius 2 is 2.29 bits per heavy atom. The normalized spacial score (nSPS) is 10.5. The molecule has 0 saturated carbocycles. The van der Waals surface area contributed by atoms with Crippen molar-refractivity contribution in [1.82, 2.24) is 9.55 Å². The zero-order valence-electron chi connectivity index (χ0n) is 9.22. The topological polar surface area (TPSA) is 55.1 Å². The fourth-order valence-electron chi connectivity index (χ4n) is 1.65. The minimum Gasteiger partial charge on any atom is -0.478 e. The van der Waals surface area contributed by atoms with Crippen molar-refractivity contribution in [2.45, 2.75) is 6.42 Å². The molecule has 0 aliphatic heterocycles. The Hall–Kier alpha value is -1.81. The molecule has 88 valence electrons. The Kier molecular flexibility index (Phi) is 3.15. The molecule has 0 radical (unpaired) electrons. The second-order valence-electron chi connectivity index (χ2n) is 3.74. The lowest BCUT2D eigenvalue weighted by molar-refractivity contribution is 0.0696. The van der Waals surface area contributed by atoms with Crippen LogP contribution in [-0.2, 0) is 13.5 Å². The molecule has 0 spiro atoms. The van der Waals surface area contributed by atoms with Gasteiger partial charge < -0.3 is 9.67 Å². The summed E-state index contributed by atoms with van der Waals surface area (Å²) in [4.78, 5) is 15.2. The third kappa shape index (κ3) is 2.47. The maximum atomic E-state index is 11.1. The highest BCUT2D eigenvalue weighted by Gasteiger charge is 2.12. The largest absolute Gasteiger partial charge is 0.478 e. The number of aromatic carboxylic acids is 1. The van der Waals surface area contributed by atoms with E-state index in [0.29, 0.717) is 17.0 Å². The first-order valence-corrected chi connectivity index (χ1v) is 5.43. The molecule has 2 rings (SSSR count). The number of rotatable bonds is 3. The van der Waals surface area contributed by atoms with Gasteiger partial charge in [-0.25, -0.2) is 9.78 Å². The van der Waals surface area contributed by atoms with Crippen LogP contribution >= 0.6 is 11.6 Å². The smallest absolute Gasteiger partial charge is 0.335 e. The Bertz CT molecular complexity index is 563. The molecule has 1 aromatic heterocycles. The van der Waals surface area contributed by atoms with Gasteiger partial charge in [-0.05, 0) is 23.8 Å². The Balaban J connectivity index is 2.41. The third-order valence-electron chi connectivity index (χ3n) is 2.57. The summed E-state index contributed by atoms with van der Waals surface area (Å²) in [5, 5.41) is 9.61. The maximum Gasteiger partial charge on any atom is 0.335 e. The fourth-order valence-corrected chi connectivity index (χ4v) is 1.85. The molecular formula is C12H11ClN2O2. The number of imidazole rings is 1. The van der Waals surface area contributed by atoms with E-state index in [4.69, 9.17) is 16.7 Å². The molecule has 0 unspecified atom stereocenters. The molecule has 0 fully saturated rings. The zero-order valence-corrected chi connectivity index (χ0v) is 9.98. The van der Waals surface area contributed by atoms with Crippen molar-refractivity contribution in [3.05, 3.63) is 52.6 Å². The molecule has 0 amide bonds. The van der Waals surface area contributed by atoms with Crippen molar-refractivity contribution in [1.29, 1.82) is 0 Å². The summed E-state index contributed by atoms with van der Waals surface area (Å²) in [6.07, 6.45) is 3.95. The van der Waals surface area contributed by atoms with Gasteiger partial charge in [0.1, 0.15) is 5.82 Å². The molecule has 0 aliphatic carbocycles. The first kappa shape index (κ1) is 11.7. The number of benzene rings is 1. The van der Waals surface area contributed by atoms with Gasteiger partial charge in [-0.1, -0.05) is 11.6 Å². The van der Waals surface area contributed by atoms with Gasteiger partial charge in [0, 0.05) is 30.9 Å². The van der Waals surface area contributed by atoms with E-state index in [2.05, 4.69) is 4.98 Å². The SMILES string of the molecule is Cn1ccnc1Cc1cc(Cl)ccc1C(=O)O. The van der Waals surface area contributed by atoms with Crippen molar-refractivity contribution in [2.75, 3.05) is 0 Å². The molecule has 0 saturated heterocycles. The number of aryl methyl sites for hydroxylation is 1. The summed E-state index contributed by atoms with van der Waals surface area (Å²) < 4.78 is 1.85. The first-order chi connectivity index (χ1) is 8.08. The van der Waals surface area contributed by atoms with Crippen LogP contribution in [0.3, 0.4) is 0 Å². The third-order valence-corrected chi connectivity index (χ3v) is 2.80. The standard InChI is InChI=1S/C12H11ClN2O2/c1-15-5-4-14-11(15)7-8-6-9(13)2-3-10(8)12(16)17/h2-6H,7H2,1H3,(H,16,17). The number of aromatic nitrogens is 2. The second kappa shape index (κ2) is 4.59. The maximum absolute atomic E-state index is 11.1. The van der Waals surface area contributed by atoms with E-state index in [1.165, 1.54) is 6.07 Å². The van der Waals surface area contributed by atoms with Gasteiger partial charge in [0.25, 0.3) is 0 Å². The van der Waals surface area contributed by atoms with Crippen LogP contribution in [0.1, 0.15) is 21.7 Å². The molecule has 2 aromatic rings. The van der Waals surface area contributed by atoms with Gasteiger partial charge in [-0.3, -0.25) is 0 Å². The van der Waals surface area contributed by atoms with Gasteiger partial charge in [0.05, 0.1) is 5.56 Å². The van der Waals surface area contributed by atoms with Crippen molar-refractivity contribution in [3.8, 4) is 0 Å². The molecule has 1 aromatic carbocycles. The molecule has 1 heterocycles. The second-order valence-corrected chi connectivity index (χ2v) is 4.17. The van der Waals surface area contributed by atoms with Crippen molar-refractivity contribution in [3.63, 3.8) is 0 Å². The average Bonchev–Trinajstić information content (AvgIpc) is 2.64. The monoisotopic (exact) mass is 250 g/mol. The number of hydrogen-bond donors (Lipinski definition) is 1. The summed E-state index contributed by atoms with van der Waals surface area (Å²) in [5.41, 5.74) is 0.928. The highest BCUT2D eigenvalue weighted by Crippen LogP contribution is 2.19. The van der Waals surface area contributed by atoms with Crippen LogP contribution in [0.5, 0.6) is 0 Å². The molecule has 5 heteroatoms. The van der Waals surface area contributed by atoms with E-state index in [1.54, 1.807) is 18.3 Å². The van der Waals surface area contributed by atoms with Crippen LogP contribution in [0.4, 0.5) is 0 Å². The lowest BCUT2D eigenvalue weighted by atomic mass is 10.0. The van der Waals surface area contributed by atoms with Crippen molar-refractivity contribution in [2.24, 2.45) is 7.05 Å². The Morgan fingerprint density at radius 3 is 2.88 bits per heavy atom. The highest BCUT2D eigenvalue weighted by molar-refractivity contribution is 6.30. The molecule has 17 heavy (non-hydrogen) atoms. The van der Waals surface area contributed by atoms with Gasteiger partial charge in [-0.2, -0.15) is 0 Å². The van der Waals surface area contributed by atoms with E-state index < -0.39 is 5.97 Å². The molecule has 1 N–H and O–H groups in total. The summed E-state index contributed by atoms with van der Waals surface area (Å²) in [6.45, 7) is 0. The quantitative estimate of drug-likeness (QED) is 0.910. The molecular weight excluding hydrogens is 240 g/mol. The lowest BCUT2D eigenvalue weighted by Gasteiger charge is -2.06. The van der Waals surface area contributed by atoms with Gasteiger partial charge >= 0.3 is 5.97 Å². The van der Waals surface area contributed by atoms with Crippen molar-refractivity contribution >= 4 is 17.6 Å². The number of carboxylic acid groups (broad SMARTS) is 1. The van der Waals surface area contributed by atoms with Crippen molar-refractivity contribution < 1.29 is 9.90 Å². The van der Waals surface area contributed by atoms with E-state index in [9.17, 15) is 4.79 Å².